The minimum Gasteiger partial charge on any atom is -0.465 e. The summed E-state index contributed by atoms with van der Waals surface area (Å²) in [5.74, 6) is 0.311. The number of aromatic nitrogens is 3. The van der Waals surface area contributed by atoms with Crippen LogP contribution in [0.1, 0.15) is 44.1 Å². The standard InChI is InChI=1S/C23H26N4O3S3/c1-5-10-27-20(16-11-31-17-9-7-6-8-15(16)17)25-26-23(27)32-12-18(28)24-21-19(22(29)30-4)13(2)14(3)33-21/h5,11H,1,6-10,12H2,2-4H3,(H,24,28). The van der Waals surface area contributed by atoms with Crippen LogP contribution < -0.4 is 5.32 Å². The van der Waals surface area contributed by atoms with Gasteiger partial charge in [-0.1, -0.05) is 17.8 Å². The molecular weight excluding hydrogens is 476 g/mol. The third-order valence-electron chi connectivity index (χ3n) is 5.69. The lowest BCUT2D eigenvalue weighted by molar-refractivity contribution is -0.113. The first-order valence-corrected chi connectivity index (χ1v) is 13.4. The molecule has 0 bridgehead atoms. The number of nitrogens with zero attached hydrogens (tertiary/aromatic N) is 3. The van der Waals surface area contributed by atoms with Gasteiger partial charge in [0.15, 0.2) is 11.0 Å². The molecule has 1 aliphatic rings. The Balaban J connectivity index is 1.51. The van der Waals surface area contributed by atoms with Gasteiger partial charge >= 0.3 is 5.97 Å². The van der Waals surface area contributed by atoms with E-state index in [4.69, 9.17) is 4.74 Å². The summed E-state index contributed by atoms with van der Waals surface area (Å²) in [4.78, 5) is 27.3. The zero-order valence-electron chi connectivity index (χ0n) is 18.9. The van der Waals surface area contributed by atoms with Crippen molar-refractivity contribution in [3.8, 4) is 11.4 Å². The topological polar surface area (TPSA) is 86.1 Å². The summed E-state index contributed by atoms with van der Waals surface area (Å²) in [7, 11) is 1.34. The van der Waals surface area contributed by atoms with E-state index < -0.39 is 5.97 Å². The van der Waals surface area contributed by atoms with Gasteiger partial charge in [0.2, 0.25) is 5.91 Å². The molecule has 0 radical (unpaired) electrons. The quantitative estimate of drug-likeness (QED) is 0.257. The number of thioether (sulfide) groups is 1. The fraction of sp³-hybridized carbons (Fsp3) is 0.391. The molecule has 174 valence electrons. The van der Waals surface area contributed by atoms with Gasteiger partial charge in [-0.2, -0.15) is 0 Å². The molecule has 0 aliphatic heterocycles. The van der Waals surface area contributed by atoms with Crippen LogP contribution in [0.25, 0.3) is 11.4 Å². The zero-order chi connectivity index (χ0) is 23.5. The number of anilines is 1. The Morgan fingerprint density at radius 1 is 1.30 bits per heavy atom. The number of methoxy groups -OCH3 is 1. The normalized spacial score (nSPS) is 12.9. The Morgan fingerprint density at radius 2 is 2.09 bits per heavy atom. The van der Waals surface area contributed by atoms with Crippen molar-refractivity contribution in [2.45, 2.75) is 51.2 Å². The molecule has 3 aromatic rings. The highest BCUT2D eigenvalue weighted by atomic mass is 32.2. The number of carbonyl (C=O) groups excluding carboxylic acids is 2. The molecular formula is C23H26N4O3S3. The van der Waals surface area contributed by atoms with Gasteiger partial charge in [0.1, 0.15) is 5.00 Å². The predicted molar refractivity (Wildman–Crippen MR) is 135 cm³/mol. The van der Waals surface area contributed by atoms with Crippen LogP contribution in [-0.2, 0) is 28.9 Å². The minimum atomic E-state index is -0.450. The summed E-state index contributed by atoms with van der Waals surface area (Å²) in [6, 6.07) is 0. The maximum Gasteiger partial charge on any atom is 0.341 e. The molecule has 3 aromatic heterocycles. The largest absolute Gasteiger partial charge is 0.465 e. The van der Waals surface area contributed by atoms with E-state index in [1.165, 1.54) is 53.5 Å². The number of aryl methyl sites for hydroxylation is 2. The molecule has 3 heterocycles. The van der Waals surface area contributed by atoms with Crippen LogP contribution in [0.4, 0.5) is 5.00 Å². The Morgan fingerprint density at radius 3 is 2.85 bits per heavy atom. The molecule has 0 spiro atoms. The number of nitrogens with one attached hydrogen (secondary N) is 1. The Hall–Kier alpha value is -2.43. The Kier molecular flexibility index (Phi) is 7.35. The van der Waals surface area contributed by atoms with Gasteiger partial charge in [0, 0.05) is 27.2 Å². The van der Waals surface area contributed by atoms with Crippen molar-refractivity contribution in [1.82, 2.24) is 14.8 Å². The second kappa shape index (κ2) is 10.2. The summed E-state index contributed by atoms with van der Waals surface area (Å²) in [6.07, 6.45) is 6.46. The van der Waals surface area contributed by atoms with E-state index in [9.17, 15) is 9.59 Å². The van der Waals surface area contributed by atoms with Crippen LogP contribution in [0.2, 0.25) is 0 Å². The third-order valence-corrected chi connectivity index (χ3v) is 8.87. The van der Waals surface area contributed by atoms with Crippen molar-refractivity contribution >= 4 is 51.3 Å². The summed E-state index contributed by atoms with van der Waals surface area (Å²) in [5, 5.41) is 15.1. The number of allylic oxidation sites excluding steroid dienone is 1. The van der Waals surface area contributed by atoms with Gasteiger partial charge in [-0.05, 0) is 50.7 Å². The highest BCUT2D eigenvalue weighted by Gasteiger charge is 2.24. The fourth-order valence-electron chi connectivity index (χ4n) is 3.93. The van der Waals surface area contributed by atoms with Crippen LogP contribution in [0.15, 0.2) is 23.2 Å². The molecule has 0 atom stereocenters. The SMILES string of the molecule is C=CCn1c(SCC(=O)Nc2sc(C)c(C)c2C(=O)OC)nnc1-c1csc2c1CCCC2. The number of amides is 1. The summed E-state index contributed by atoms with van der Waals surface area (Å²) in [5.41, 5.74) is 3.77. The van der Waals surface area contributed by atoms with E-state index in [1.54, 1.807) is 11.3 Å². The van der Waals surface area contributed by atoms with Crippen molar-refractivity contribution in [1.29, 1.82) is 0 Å². The number of rotatable bonds is 8. The monoisotopic (exact) mass is 502 g/mol. The molecule has 0 fully saturated rings. The lowest BCUT2D eigenvalue weighted by Crippen LogP contribution is -2.16. The number of esters is 1. The van der Waals surface area contributed by atoms with Crippen LogP contribution in [-0.4, -0.2) is 39.5 Å². The number of carbonyl (C=O) groups is 2. The second-order valence-electron chi connectivity index (χ2n) is 7.78. The molecule has 7 nitrogen and oxygen atoms in total. The molecule has 33 heavy (non-hydrogen) atoms. The molecule has 1 aliphatic carbocycles. The Bertz CT molecular complexity index is 1210. The van der Waals surface area contributed by atoms with Gasteiger partial charge in [0.05, 0.1) is 18.4 Å². The lowest BCUT2D eigenvalue weighted by Gasteiger charge is -2.13. The number of ether oxygens (including phenoxy) is 1. The van der Waals surface area contributed by atoms with Crippen molar-refractivity contribution in [3.05, 3.63) is 44.5 Å². The van der Waals surface area contributed by atoms with Crippen LogP contribution in [0.5, 0.6) is 0 Å². The smallest absolute Gasteiger partial charge is 0.341 e. The number of fused-ring (bicyclic) bond motifs is 1. The Labute approximate surface area is 205 Å². The molecule has 0 saturated heterocycles. The van der Waals surface area contributed by atoms with Gasteiger partial charge < -0.3 is 10.1 Å². The van der Waals surface area contributed by atoms with E-state index in [-0.39, 0.29) is 11.7 Å². The highest BCUT2D eigenvalue weighted by Crippen LogP contribution is 2.37. The van der Waals surface area contributed by atoms with Crippen LogP contribution in [0, 0.1) is 13.8 Å². The second-order valence-corrected chi connectivity index (χ2v) is 10.9. The average molecular weight is 503 g/mol. The maximum absolute atomic E-state index is 12.7. The third kappa shape index (κ3) is 4.78. The first-order chi connectivity index (χ1) is 15.9. The van der Waals surface area contributed by atoms with E-state index in [1.807, 2.05) is 24.5 Å². The first-order valence-electron chi connectivity index (χ1n) is 10.7. The summed E-state index contributed by atoms with van der Waals surface area (Å²) in [6.45, 7) is 8.21. The molecule has 4 rings (SSSR count). The first kappa shape index (κ1) is 23.7. The lowest BCUT2D eigenvalue weighted by atomic mass is 9.95. The molecule has 1 amide bonds. The van der Waals surface area contributed by atoms with Gasteiger partial charge in [0.25, 0.3) is 0 Å². The maximum atomic E-state index is 12.7. The fourth-order valence-corrected chi connectivity index (χ4v) is 6.86. The summed E-state index contributed by atoms with van der Waals surface area (Å²) < 4.78 is 6.90. The van der Waals surface area contributed by atoms with Gasteiger partial charge in [-0.3, -0.25) is 9.36 Å². The van der Waals surface area contributed by atoms with E-state index in [0.29, 0.717) is 22.3 Å². The molecule has 10 heteroatoms. The summed E-state index contributed by atoms with van der Waals surface area (Å²) >= 11 is 4.49. The van der Waals surface area contributed by atoms with Gasteiger partial charge in [-0.25, -0.2) is 4.79 Å². The van der Waals surface area contributed by atoms with Crippen LogP contribution >= 0.6 is 34.4 Å². The zero-order valence-corrected chi connectivity index (χ0v) is 21.3. The number of hydrogen-bond donors (Lipinski definition) is 1. The van der Waals surface area contributed by atoms with E-state index >= 15 is 0 Å². The minimum absolute atomic E-state index is 0.146. The average Bonchev–Trinajstić information content (AvgIpc) is 3.48. The van der Waals surface area contributed by atoms with Gasteiger partial charge in [-0.15, -0.1) is 39.4 Å². The molecule has 0 aromatic carbocycles. The highest BCUT2D eigenvalue weighted by molar-refractivity contribution is 7.99. The van der Waals surface area contributed by atoms with Crippen molar-refractivity contribution < 1.29 is 14.3 Å². The molecule has 0 saturated carbocycles. The van der Waals surface area contributed by atoms with Crippen molar-refractivity contribution in [2.75, 3.05) is 18.2 Å². The van der Waals surface area contributed by atoms with E-state index in [2.05, 4.69) is 27.5 Å². The molecule has 1 N–H and O–H groups in total. The van der Waals surface area contributed by atoms with Crippen molar-refractivity contribution in [3.63, 3.8) is 0 Å². The van der Waals surface area contributed by atoms with E-state index in [0.717, 1.165) is 34.7 Å². The van der Waals surface area contributed by atoms with Crippen molar-refractivity contribution in [2.24, 2.45) is 0 Å². The molecule has 0 unspecified atom stereocenters. The predicted octanol–water partition coefficient (Wildman–Crippen LogP) is 5.27. The van der Waals surface area contributed by atoms with Crippen LogP contribution in [0.3, 0.4) is 0 Å². The number of hydrogen-bond acceptors (Lipinski definition) is 8. The number of thiophene rings is 2.